The van der Waals surface area contributed by atoms with E-state index in [2.05, 4.69) is 28.2 Å². The van der Waals surface area contributed by atoms with Gasteiger partial charge in [-0.25, -0.2) is 0 Å². The molecule has 0 bridgehead atoms. The summed E-state index contributed by atoms with van der Waals surface area (Å²) in [6.45, 7) is 6.42. The molecule has 1 aromatic rings. The molecule has 1 N–H and O–H groups in total. The highest BCUT2D eigenvalue weighted by Crippen LogP contribution is 2.25. The van der Waals surface area contributed by atoms with Crippen LogP contribution >= 0.6 is 0 Å². The minimum absolute atomic E-state index is 0.712. The third-order valence-corrected chi connectivity index (χ3v) is 2.68. The minimum atomic E-state index is 0.712. The fourth-order valence-corrected chi connectivity index (χ4v) is 1.81. The number of nitrogens with zero attached hydrogens (tertiary/aromatic N) is 2. The smallest absolute Gasteiger partial charge is 0.0490 e. The van der Waals surface area contributed by atoms with Crippen LogP contribution in [0.15, 0.2) is 12.3 Å². The van der Waals surface area contributed by atoms with E-state index in [0.29, 0.717) is 5.92 Å². The minimum Gasteiger partial charge on any atom is -0.306 e. The van der Waals surface area contributed by atoms with Gasteiger partial charge in [0.05, 0.1) is 0 Å². The zero-order chi connectivity index (χ0) is 10.4. The number of aromatic nitrogens is 2. The lowest BCUT2D eigenvalue weighted by Crippen LogP contribution is -2.29. The van der Waals surface area contributed by atoms with E-state index < -0.39 is 0 Å². The summed E-state index contributed by atoms with van der Waals surface area (Å²) in [5, 5.41) is 7.03. The van der Waals surface area contributed by atoms with Crippen molar-refractivity contribution < 1.29 is 0 Å². The molecule has 1 aliphatic rings. The van der Waals surface area contributed by atoms with Crippen molar-refractivity contribution in [2.24, 2.45) is 0 Å². The Morgan fingerprint density at radius 2 is 2.00 bits per heavy atom. The second-order valence-electron chi connectivity index (χ2n) is 3.59. The second kappa shape index (κ2) is 5.81. The van der Waals surface area contributed by atoms with Gasteiger partial charge in [-0.3, -0.25) is 5.10 Å². The van der Waals surface area contributed by atoms with Crippen LogP contribution in [0.2, 0.25) is 0 Å². The van der Waals surface area contributed by atoms with Crippen LogP contribution in [0, 0.1) is 0 Å². The van der Waals surface area contributed by atoms with E-state index in [0.717, 1.165) is 0 Å². The summed E-state index contributed by atoms with van der Waals surface area (Å²) in [4.78, 5) is 2.38. The first-order valence-electron chi connectivity index (χ1n) is 5.54. The predicted molar refractivity (Wildman–Crippen MR) is 59.4 cm³/mol. The van der Waals surface area contributed by atoms with Gasteiger partial charge in [-0.2, -0.15) is 5.10 Å². The monoisotopic (exact) mass is 195 g/mol. The number of H-pyrrole nitrogens is 1. The lowest BCUT2D eigenvalue weighted by Gasteiger charge is -2.27. The van der Waals surface area contributed by atoms with Gasteiger partial charge in [-0.05, 0) is 39.0 Å². The Morgan fingerprint density at radius 3 is 2.50 bits per heavy atom. The SMILES string of the molecule is CC.CN1CCC(c2ccn[nH]2)CC1. The standard InChI is InChI=1S/C9H15N3.C2H6/c1-12-6-3-8(4-7-12)9-2-5-10-11-9;1-2/h2,5,8H,3-4,6-7H2,1H3,(H,10,11);1-2H3. The largest absolute Gasteiger partial charge is 0.306 e. The first kappa shape index (κ1) is 11.2. The molecule has 1 aliphatic heterocycles. The van der Waals surface area contributed by atoms with Crippen LogP contribution < -0.4 is 0 Å². The molecule has 3 heteroatoms. The fraction of sp³-hybridized carbons (Fsp3) is 0.727. The molecule has 0 aliphatic carbocycles. The number of piperidine rings is 1. The van der Waals surface area contributed by atoms with Gasteiger partial charge >= 0.3 is 0 Å². The molecule has 1 aromatic heterocycles. The van der Waals surface area contributed by atoms with Crippen LogP contribution in [-0.4, -0.2) is 35.2 Å². The van der Waals surface area contributed by atoms with Gasteiger partial charge < -0.3 is 4.90 Å². The van der Waals surface area contributed by atoms with E-state index in [1.54, 1.807) is 0 Å². The topological polar surface area (TPSA) is 31.9 Å². The van der Waals surface area contributed by atoms with Crippen molar-refractivity contribution in [3.05, 3.63) is 18.0 Å². The Kier molecular flexibility index (Phi) is 4.66. The van der Waals surface area contributed by atoms with E-state index >= 15 is 0 Å². The molecule has 0 unspecified atom stereocenters. The van der Waals surface area contributed by atoms with Crippen LogP contribution in [0.25, 0.3) is 0 Å². The van der Waals surface area contributed by atoms with Crippen molar-refractivity contribution in [2.45, 2.75) is 32.6 Å². The van der Waals surface area contributed by atoms with Gasteiger partial charge in [0.1, 0.15) is 0 Å². The molecule has 3 nitrogen and oxygen atoms in total. The number of hydrogen-bond acceptors (Lipinski definition) is 2. The molecule has 1 saturated heterocycles. The highest BCUT2D eigenvalue weighted by atomic mass is 15.1. The number of rotatable bonds is 1. The zero-order valence-corrected chi connectivity index (χ0v) is 9.45. The fourth-order valence-electron chi connectivity index (χ4n) is 1.81. The van der Waals surface area contributed by atoms with Crippen LogP contribution in [0.3, 0.4) is 0 Å². The Hall–Kier alpha value is -0.830. The Bertz CT molecular complexity index is 223. The van der Waals surface area contributed by atoms with Crippen molar-refractivity contribution in [1.82, 2.24) is 15.1 Å². The van der Waals surface area contributed by atoms with Crippen LogP contribution in [-0.2, 0) is 0 Å². The van der Waals surface area contributed by atoms with Crippen molar-refractivity contribution in [2.75, 3.05) is 20.1 Å². The maximum absolute atomic E-state index is 3.98. The number of likely N-dealkylation sites (tertiary alicyclic amines) is 1. The average molecular weight is 195 g/mol. The average Bonchev–Trinajstić information content (AvgIpc) is 2.75. The third-order valence-electron chi connectivity index (χ3n) is 2.68. The zero-order valence-electron chi connectivity index (χ0n) is 9.45. The molecule has 80 valence electrons. The first-order chi connectivity index (χ1) is 6.86. The quantitative estimate of drug-likeness (QED) is 0.745. The van der Waals surface area contributed by atoms with Gasteiger partial charge in [0.2, 0.25) is 0 Å². The molecule has 0 aromatic carbocycles. The summed E-state index contributed by atoms with van der Waals surface area (Å²) in [6, 6.07) is 2.09. The third kappa shape index (κ3) is 2.84. The van der Waals surface area contributed by atoms with E-state index in [4.69, 9.17) is 0 Å². The van der Waals surface area contributed by atoms with Gasteiger partial charge in [0, 0.05) is 17.8 Å². The van der Waals surface area contributed by atoms with E-state index in [-0.39, 0.29) is 0 Å². The predicted octanol–water partition coefficient (Wildman–Crippen LogP) is 2.25. The summed E-state index contributed by atoms with van der Waals surface area (Å²) in [6.07, 6.45) is 4.37. The van der Waals surface area contributed by atoms with Gasteiger partial charge in [0.25, 0.3) is 0 Å². The molecule has 0 amide bonds. The molecule has 0 saturated carbocycles. The van der Waals surface area contributed by atoms with Crippen molar-refractivity contribution in [3.8, 4) is 0 Å². The molecule has 0 spiro atoms. The number of hydrogen-bond donors (Lipinski definition) is 1. The van der Waals surface area contributed by atoms with Crippen LogP contribution in [0.5, 0.6) is 0 Å². The Morgan fingerprint density at radius 1 is 1.36 bits per heavy atom. The molecular weight excluding hydrogens is 174 g/mol. The molecule has 2 heterocycles. The maximum atomic E-state index is 3.98. The van der Waals surface area contributed by atoms with Gasteiger partial charge in [-0.1, -0.05) is 13.8 Å². The van der Waals surface area contributed by atoms with Gasteiger partial charge in [0.15, 0.2) is 0 Å². The lowest BCUT2D eigenvalue weighted by molar-refractivity contribution is 0.253. The van der Waals surface area contributed by atoms with Crippen molar-refractivity contribution >= 4 is 0 Å². The molecule has 0 atom stereocenters. The van der Waals surface area contributed by atoms with Crippen molar-refractivity contribution in [1.29, 1.82) is 0 Å². The Labute approximate surface area is 86.5 Å². The van der Waals surface area contributed by atoms with Crippen LogP contribution in [0.4, 0.5) is 0 Å². The highest BCUT2D eigenvalue weighted by molar-refractivity contribution is 5.06. The molecular formula is C11H21N3. The summed E-state index contributed by atoms with van der Waals surface area (Å²) in [5.74, 6) is 0.712. The van der Waals surface area contributed by atoms with E-state index in [1.165, 1.54) is 31.6 Å². The first-order valence-corrected chi connectivity index (χ1v) is 5.54. The number of aromatic amines is 1. The summed E-state index contributed by atoms with van der Waals surface area (Å²) >= 11 is 0. The second-order valence-corrected chi connectivity index (χ2v) is 3.59. The van der Waals surface area contributed by atoms with E-state index in [9.17, 15) is 0 Å². The summed E-state index contributed by atoms with van der Waals surface area (Å²) in [5.41, 5.74) is 1.31. The molecule has 14 heavy (non-hydrogen) atoms. The summed E-state index contributed by atoms with van der Waals surface area (Å²) in [7, 11) is 2.18. The normalized spacial score (nSPS) is 18.8. The molecule has 2 rings (SSSR count). The Balaban J connectivity index is 0.000000461. The molecule has 1 fully saturated rings. The summed E-state index contributed by atoms with van der Waals surface area (Å²) < 4.78 is 0. The van der Waals surface area contributed by atoms with E-state index in [1.807, 2.05) is 20.0 Å². The number of nitrogens with one attached hydrogen (secondary N) is 1. The van der Waals surface area contributed by atoms with Crippen LogP contribution in [0.1, 0.15) is 38.3 Å². The maximum Gasteiger partial charge on any atom is 0.0490 e. The highest BCUT2D eigenvalue weighted by Gasteiger charge is 2.18. The van der Waals surface area contributed by atoms with Gasteiger partial charge in [-0.15, -0.1) is 0 Å². The molecule has 0 radical (unpaired) electrons. The van der Waals surface area contributed by atoms with Crippen molar-refractivity contribution in [3.63, 3.8) is 0 Å². The lowest BCUT2D eigenvalue weighted by atomic mass is 9.94.